The number of esters is 1. The van der Waals surface area contributed by atoms with Crippen LogP contribution in [0.2, 0.25) is 0 Å². The van der Waals surface area contributed by atoms with Crippen molar-refractivity contribution in [3.63, 3.8) is 0 Å². The Labute approximate surface area is 170 Å². The standard InChI is InChI=1S/C21H28N2O4S/c1-15-23-18(14-28-15)10-9-16-5-7-17(8-6-16)11-12-26-20(25)22-13-19(24)27-21(2,3)4/h5-8,14H,9-13H2,1-4H3,(H,22,25). The molecule has 2 aromatic rings. The summed E-state index contributed by atoms with van der Waals surface area (Å²) in [5.41, 5.74) is 2.91. The van der Waals surface area contributed by atoms with Crippen LogP contribution in [0.1, 0.15) is 42.6 Å². The molecule has 1 aromatic heterocycles. The van der Waals surface area contributed by atoms with E-state index in [0.717, 1.165) is 29.1 Å². The Morgan fingerprint density at radius 1 is 1.07 bits per heavy atom. The molecule has 0 bridgehead atoms. The topological polar surface area (TPSA) is 77.5 Å². The zero-order chi connectivity index (χ0) is 20.6. The molecule has 6 nitrogen and oxygen atoms in total. The number of amides is 1. The van der Waals surface area contributed by atoms with E-state index in [-0.39, 0.29) is 13.2 Å². The molecular formula is C21H28N2O4S. The number of benzene rings is 1. The summed E-state index contributed by atoms with van der Waals surface area (Å²) in [7, 11) is 0. The molecule has 0 saturated carbocycles. The van der Waals surface area contributed by atoms with Gasteiger partial charge in [-0.2, -0.15) is 0 Å². The Hall–Kier alpha value is -2.41. The average Bonchev–Trinajstić information content (AvgIpc) is 3.03. The van der Waals surface area contributed by atoms with Gasteiger partial charge in [0.15, 0.2) is 0 Å². The van der Waals surface area contributed by atoms with Gasteiger partial charge in [-0.1, -0.05) is 24.3 Å². The molecule has 28 heavy (non-hydrogen) atoms. The molecule has 0 aliphatic rings. The van der Waals surface area contributed by atoms with Gasteiger partial charge < -0.3 is 14.8 Å². The molecule has 0 radical (unpaired) electrons. The van der Waals surface area contributed by atoms with Gasteiger partial charge in [-0.3, -0.25) is 4.79 Å². The number of aromatic nitrogens is 1. The number of hydrogen-bond acceptors (Lipinski definition) is 6. The third-order valence-electron chi connectivity index (χ3n) is 3.78. The third kappa shape index (κ3) is 8.52. The van der Waals surface area contributed by atoms with E-state index in [1.54, 1.807) is 32.1 Å². The van der Waals surface area contributed by atoms with Crippen molar-refractivity contribution in [2.24, 2.45) is 0 Å². The Morgan fingerprint density at radius 3 is 2.29 bits per heavy atom. The molecule has 0 unspecified atom stereocenters. The van der Waals surface area contributed by atoms with Crippen molar-refractivity contribution < 1.29 is 19.1 Å². The maximum Gasteiger partial charge on any atom is 0.407 e. The van der Waals surface area contributed by atoms with Crippen molar-refractivity contribution in [2.75, 3.05) is 13.2 Å². The fourth-order valence-corrected chi connectivity index (χ4v) is 3.15. The van der Waals surface area contributed by atoms with E-state index in [1.165, 1.54) is 5.56 Å². The summed E-state index contributed by atoms with van der Waals surface area (Å²) in [6.07, 6.45) is 1.88. The lowest BCUT2D eigenvalue weighted by Crippen LogP contribution is -2.35. The van der Waals surface area contributed by atoms with Crippen LogP contribution in [0.15, 0.2) is 29.6 Å². The maximum absolute atomic E-state index is 11.6. The summed E-state index contributed by atoms with van der Waals surface area (Å²) in [5.74, 6) is -0.493. The number of hydrogen-bond donors (Lipinski definition) is 1. The fourth-order valence-electron chi connectivity index (χ4n) is 2.50. The van der Waals surface area contributed by atoms with Crippen LogP contribution in [0.3, 0.4) is 0 Å². The number of thiazole rings is 1. The second-order valence-corrected chi connectivity index (χ2v) is 8.56. The van der Waals surface area contributed by atoms with E-state index < -0.39 is 17.7 Å². The van der Waals surface area contributed by atoms with Crippen molar-refractivity contribution in [2.45, 2.75) is 52.6 Å². The minimum Gasteiger partial charge on any atom is -0.459 e. The third-order valence-corrected chi connectivity index (χ3v) is 4.60. The molecular weight excluding hydrogens is 376 g/mol. The van der Waals surface area contributed by atoms with Crippen molar-refractivity contribution in [1.29, 1.82) is 0 Å². The molecule has 1 N–H and O–H groups in total. The van der Waals surface area contributed by atoms with Crippen molar-refractivity contribution in [3.8, 4) is 0 Å². The van der Waals surface area contributed by atoms with Gasteiger partial charge in [0, 0.05) is 11.8 Å². The van der Waals surface area contributed by atoms with E-state index >= 15 is 0 Å². The van der Waals surface area contributed by atoms with Crippen LogP contribution in [0.5, 0.6) is 0 Å². The summed E-state index contributed by atoms with van der Waals surface area (Å²) >= 11 is 1.68. The van der Waals surface area contributed by atoms with Gasteiger partial charge in [0.2, 0.25) is 0 Å². The maximum atomic E-state index is 11.6. The number of carbonyl (C=O) groups excluding carboxylic acids is 2. The molecule has 0 saturated heterocycles. The number of nitrogens with zero attached hydrogens (tertiary/aromatic N) is 1. The van der Waals surface area contributed by atoms with E-state index in [0.29, 0.717) is 6.42 Å². The SMILES string of the molecule is Cc1nc(CCc2ccc(CCOC(=O)NCC(=O)OC(C)(C)C)cc2)cs1. The predicted octanol–water partition coefficient (Wildman–Crippen LogP) is 3.85. The Morgan fingerprint density at radius 2 is 1.71 bits per heavy atom. The second kappa shape index (κ2) is 10.2. The van der Waals surface area contributed by atoms with Gasteiger partial charge in [-0.25, -0.2) is 9.78 Å². The van der Waals surface area contributed by atoms with Crippen LogP contribution < -0.4 is 5.32 Å². The van der Waals surface area contributed by atoms with Crippen molar-refractivity contribution in [3.05, 3.63) is 51.5 Å². The zero-order valence-corrected chi connectivity index (χ0v) is 17.7. The molecule has 152 valence electrons. The number of ether oxygens (including phenoxy) is 2. The summed E-state index contributed by atoms with van der Waals surface area (Å²) in [5, 5.41) is 5.60. The van der Waals surface area contributed by atoms with Gasteiger partial charge >= 0.3 is 12.1 Å². The first kappa shape index (κ1) is 21.9. The Bertz CT molecular complexity index is 778. The van der Waals surface area contributed by atoms with Crippen LogP contribution in [0.25, 0.3) is 0 Å². The summed E-state index contributed by atoms with van der Waals surface area (Å²) in [6, 6.07) is 8.28. The van der Waals surface area contributed by atoms with Gasteiger partial charge in [-0.15, -0.1) is 11.3 Å². The van der Waals surface area contributed by atoms with E-state index in [9.17, 15) is 9.59 Å². The Balaban J connectivity index is 1.64. The molecule has 1 heterocycles. The lowest BCUT2D eigenvalue weighted by atomic mass is 10.1. The average molecular weight is 405 g/mol. The minimum absolute atomic E-state index is 0.205. The number of alkyl carbamates (subject to hydrolysis) is 1. The number of nitrogens with one attached hydrogen (secondary N) is 1. The van der Waals surface area contributed by atoms with Crippen LogP contribution >= 0.6 is 11.3 Å². The van der Waals surface area contributed by atoms with Crippen molar-refractivity contribution in [1.82, 2.24) is 10.3 Å². The number of aryl methyl sites for hydroxylation is 3. The highest BCUT2D eigenvalue weighted by Crippen LogP contribution is 2.12. The first-order valence-electron chi connectivity index (χ1n) is 9.32. The monoisotopic (exact) mass is 404 g/mol. The molecule has 0 fully saturated rings. The van der Waals surface area contributed by atoms with Gasteiger partial charge in [0.05, 0.1) is 17.3 Å². The zero-order valence-electron chi connectivity index (χ0n) is 16.9. The van der Waals surface area contributed by atoms with Crippen LogP contribution in [-0.2, 0) is 33.5 Å². The highest BCUT2D eigenvalue weighted by atomic mass is 32.1. The summed E-state index contributed by atoms with van der Waals surface area (Å²) in [4.78, 5) is 27.7. The normalized spacial score (nSPS) is 11.1. The van der Waals surface area contributed by atoms with E-state index in [1.807, 2.05) is 19.1 Å². The predicted molar refractivity (Wildman–Crippen MR) is 110 cm³/mol. The first-order chi connectivity index (χ1) is 13.2. The van der Waals surface area contributed by atoms with Gasteiger partial charge in [-0.05, 0) is 51.7 Å². The highest BCUT2D eigenvalue weighted by molar-refractivity contribution is 7.09. The van der Waals surface area contributed by atoms with Crippen LogP contribution in [0.4, 0.5) is 4.79 Å². The minimum atomic E-state index is -0.624. The first-order valence-corrected chi connectivity index (χ1v) is 10.2. The van der Waals surface area contributed by atoms with E-state index in [4.69, 9.17) is 9.47 Å². The lowest BCUT2D eigenvalue weighted by molar-refractivity contribution is -0.153. The highest BCUT2D eigenvalue weighted by Gasteiger charge is 2.16. The molecule has 0 spiro atoms. The van der Waals surface area contributed by atoms with Crippen LogP contribution in [0, 0.1) is 6.92 Å². The van der Waals surface area contributed by atoms with Crippen molar-refractivity contribution >= 4 is 23.4 Å². The molecule has 1 aromatic carbocycles. The lowest BCUT2D eigenvalue weighted by Gasteiger charge is -2.19. The number of carbonyl (C=O) groups is 2. The summed E-state index contributed by atoms with van der Waals surface area (Å²) in [6.45, 7) is 7.38. The van der Waals surface area contributed by atoms with Gasteiger partial charge in [0.25, 0.3) is 0 Å². The number of rotatable bonds is 8. The van der Waals surface area contributed by atoms with Gasteiger partial charge in [0.1, 0.15) is 12.1 Å². The summed E-state index contributed by atoms with van der Waals surface area (Å²) < 4.78 is 10.2. The van der Waals surface area contributed by atoms with Crippen LogP contribution in [-0.4, -0.2) is 35.8 Å². The second-order valence-electron chi connectivity index (χ2n) is 7.50. The van der Waals surface area contributed by atoms with E-state index in [2.05, 4.69) is 27.8 Å². The Kier molecular flexibility index (Phi) is 7.99. The molecule has 7 heteroatoms. The smallest absolute Gasteiger partial charge is 0.407 e. The quantitative estimate of drug-likeness (QED) is 0.676. The molecule has 2 rings (SSSR count). The molecule has 0 atom stereocenters. The largest absolute Gasteiger partial charge is 0.459 e. The fraction of sp³-hybridized carbons (Fsp3) is 0.476. The molecule has 0 aliphatic carbocycles. The molecule has 0 aliphatic heterocycles. The molecule has 1 amide bonds.